The lowest BCUT2D eigenvalue weighted by atomic mass is 10.2. The minimum Gasteiger partial charge on any atom is -0.377 e. The molecule has 5 heteroatoms. The van der Waals surface area contributed by atoms with Crippen molar-refractivity contribution in [3.8, 4) is 6.07 Å². The number of hydrogen-bond acceptors (Lipinski definition) is 4. The van der Waals surface area contributed by atoms with Gasteiger partial charge in [0, 0.05) is 6.61 Å². The second-order valence-electron chi connectivity index (χ2n) is 3.76. The summed E-state index contributed by atoms with van der Waals surface area (Å²) in [4.78, 5) is 0. The van der Waals surface area contributed by atoms with E-state index in [2.05, 4.69) is 0 Å². The van der Waals surface area contributed by atoms with Gasteiger partial charge in [-0.3, -0.25) is 0 Å². The van der Waals surface area contributed by atoms with Gasteiger partial charge in [-0.05, 0) is 20.3 Å². The Bertz CT molecular complexity index is 330. The van der Waals surface area contributed by atoms with Crippen LogP contribution in [-0.2, 0) is 14.6 Å². The number of rotatable bonds is 3. The van der Waals surface area contributed by atoms with E-state index >= 15 is 0 Å². The van der Waals surface area contributed by atoms with Gasteiger partial charge in [-0.15, -0.1) is 0 Å². The van der Waals surface area contributed by atoms with Crippen LogP contribution in [0.3, 0.4) is 0 Å². The molecule has 0 saturated carbocycles. The molecular weight excluding hydrogens is 202 g/mol. The first kappa shape index (κ1) is 11.5. The molecule has 1 fully saturated rings. The van der Waals surface area contributed by atoms with Gasteiger partial charge in [-0.1, -0.05) is 0 Å². The zero-order valence-electron chi connectivity index (χ0n) is 8.43. The largest absolute Gasteiger partial charge is 0.377 e. The van der Waals surface area contributed by atoms with Crippen LogP contribution < -0.4 is 0 Å². The van der Waals surface area contributed by atoms with Crippen LogP contribution >= 0.6 is 0 Å². The first-order chi connectivity index (χ1) is 6.47. The lowest BCUT2D eigenvalue weighted by Gasteiger charge is -2.15. The van der Waals surface area contributed by atoms with Crippen LogP contribution in [0.5, 0.6) is 0 Å². The van der Waals surface area contributed by atoms with E-state index in [0.717, 1.165) is 0 Å². The Morgan fingerprint density at radius 3 is 2.71 bits per heavy atom. The van der Waals surface area contributed by atoms with Gasteiger partial charge in [0.05, 0.1) is 29.1 Å². The highest BCUT2D eigenvalue weighted by Gasteiger charge is 2.36. The molecule has 80 valence electrons. The summed E-state index contributed by atoms with van der Waals surface area (Å²) in [7, 11) is -3.17. The molecule has 0 aromatic rings. The van der Waals surface area contributed by atoms with Crippen molar-refractivity contribution in [1.29, 1.82) is 5.26 Å². The van der Waals surface area contributed by atoms with Gasteiger partial charge in [0.15, 0.2) is 9.84 Å². The Morgan fingerprint density at radius 1 is 1.64 bits per heavy atom. The lowest BCUT2D eigenvalue weighted by Crippen LogP contribution is -2.31. The molecule has 0 bridgehead atoms. The van der Waals surface area contributed by atoms with Gasteiger partial charge < -0.3 is 4.74 Å². The fourth-order valence-electron chi connectivity index (χ4n) is 1.69. The molecule has 14 heavy (non-hydrogen) atoms. The van der Waals surface area contributed by atoms with Gasteiger partial charge in [0.25, 0.3) is 0 Å². The molecule has 3 atom stereocenters. The van der Waals surface area contributed by atoms with Gasteiger partial charge in [-0.25, -0.2) is 8.42 Å². The molecule has 0 N–H and O–H groups in total. The zero-order chi connectivity index (χ0) is 10.8. The molecular formula is C9H15NO3S. The molecule has 3 unspecified atom stereocenters. The normalized spacial score (nSPS) is 29.8. The zero-order valence-corrected chi connectivity index (χ0v) is 9.25. The van der Waals surface area contributed by atoms with E-state index in [4.69, 9.17) is 10.00 Å². The van der Waals surface area contributed by atoms with Crippen LogP contribution in [0, 0.1) is 17.2 Å². The average Bonchev–Trinajstić information content (AvgIpc) is 2.51. The maximum Gasteiger partial charge on any atom is 0.157 e. The third-order valence-corrected chi connectivity index (χ3v) is 4.98. The molecule has 1 rings (SSSR count). The summed E-state index contributed by atoms with van der Waals surface area (Å²) in [5.41, 5.74) is 0. The minimum absolute atomic E-state index is 0.0537. The second-order valence-corrected chi connectivity index (χ2v) is 6.03. The molecule has 0 spiro atoms. The van der Waals surface area contributed by atoms with Crippen molar-refractivity contribution < 1.29 is 13.2 Å². The van der Waals surface area contributed by atoms with Crippen molar-refractivity contribution in [2.45, 2.75) is 31.6 Å². The highest BCUT2D eigenvalue weighted by molar-refractivity contribution is 7.92. The van der Waals surface area contributed by atoms with E-state index < -0.39 is 21.0 Å². The Hall–Kier alpha value is -0.600. The average molecular weight is 217 g/mol. The predicted molar refractivity (Wildman–Crippen MR) is 52.4 cm³/mol. The van der Waals surface area contributed by atoms with Crippen LogP contribution in [0.2, 0.25) is 0 Å². The maximum absolute atomic E-state index is 11.8. The number of nitrogens with zero attached hydrogens (tertiary/aromatic N) is 1. The fourth-order valence-corrected chi connectivity index (χ4v) is 3.83. The molecule has 0 aromatic heterocycles. The quantitative estimate of drug-likeness (QED) is 0.699. The monoisotopic (exact) mass is 217 g/mol. The first-order valence-electron chi connectivity index (χ1n) is 4.70. The second kappa shape index (κ2) is 4.28. The fraction of sp³-hybridized carbons (Fsp3) is 0.889. The standard InChI is InChI=1S/C9H15NO3S/c1-7(5-10)6-14(11,12)9-3-4-13-8(9)2/h7-9H,3-4,6H2,1-2H3. The number of nitriles is 1. The maximum atomic E-state index is 11.8. The molecule has 1 heterocycles. The van der Waals surface area contributed by atoms with Crippen LogP contribution in [0.1, 0.15) is 20.3 Å². The van der Waals surface area contributed by atoms with Gasteiger partial charge in [0.2, 0.25) is 0 Å². The topological polar surface area (TPSA) is 67.2 Å². The van der Waals surface area contributed by atoms with Crippen molar-refractivity contribution in [1.82, 2.24) is 0 Å². The van der Waals surface area contributed by atoms with Gasteiger partial charge >= 0.3 is 0 Å². The summed E-state index contributed by atoms with van der Waals surface area (Å²) >= 11 is 0. The molecule has 4 nitrogen and oxygen atoms in total. The summed E-state index contributed by atoms with van der Waals surface area (Å²) in [5.74, 6) is -0.491. The van der Waals surface area contributed by atoms with Crippen molar-refractivity contribution in [2.24, 2.45) is 5.92 Å². The van der Waals surface area contributed by atoms with E-state index in [0.29, 0.717) is 13.0 Å². The number of sulfone groups is 1. The van der Waals surface area contributed by atoms with Crippen molar-refractivity contribution >= 4 is 9.84 Å². The molecule has 0 radical (unpaired) electrons. The molecule has 0 amide bonds. The highest BCUT2D eigenvalue weighted by atomic mass is 32.2. The van der Waals surface area contributed by atoms with Crippen LogP contribution in [0.25, 0.3) is 0 Å². The van der Waals surface area contributed by atoms with E-state index in [1.165, 1.54) is 0 Å². The summed E-state index contributed by atoms with van der Waals surface area (Å²) < 4.78 is 28.8. The highest BCUT2D eigenvalue weighted by Crippen LogP contribution is 2.22. The first-order valence-corrected chi connectivity index (χ1v) is 6.41. The van der Waals surface area contributed by atoms with Crippen molar-refractivity contribution in [2.75, 3.05) is 12.4 Å². The summed E-state index contributed by atoms with van der Waals surface area (Å²) in [5, 5.41) is 8.14. The van der Waals surface area contributed by atoms with Crippen LogP contribution in [0.15, 0.2) is 0 Å². The molecule has 0 aromatic carbocycles. The van der Waals surface area contributed by atoms with Gasteiger partial charge in [0.1, 0.15) is 0 Å². The smallest absolute Gasteiger partial charge is 0.157 e. The Kier molecular flexibility index (Phi) is 3.51. The Morgan fingerprint density at radius 2 is 2.29 bits per heavy atom. The van der Waals surface area contributed by atoms with Crippen molar-refractivity contribution in [3.63, 3.8) is 0 Å². The van der Waals surface area contributed by atoms with Crippen LogP contribution in [0.4, 0.5) is 0 Å². The SMILES string of the molecule is CC(C#N)CS(=O)(=O)C1CCOC1C. The van der Waals surface area contributed by atoms with Gasteiger partial charge in [-0.2, -0.15) is 5.26 Å². The van der Waals surface area contributed by atoms with Crippen molar-refractivity contribution in [3.05, 3.63) is 0 Å². The predicted octanol–water partition coefficient (Wildman–Crippen LogP) is 0.738. The molecule has 1 saturated heterocycles. The van der Waals surface area contributed by atoms with E-state index in [-0.39, 0.29) is 11.9 Å². The van der Waals surface area contributed by atoms with E-state index in [9.17, 15) is 8.42 Å². The van der Waals surface area contributed by atoms with E-state index in [1.54, 1.807) is 13.8 Å². The summed E-state index contributed by atoms with van der Waals surface area (Å²) in [6.07, 6.45) is 0.327. The molecule has 1 aliphatic heterocycles. The molecule has 1 aliphatic rings. The summed E-state index contributed by atoms with van der Waals surface area (Å²) in [6.45, 7) is 3.90. The third-order valence-electron chi connectivity index (χ3n) is 2.47. The minimum atomic E-state index is -3.17. The van der Waals surface area contributed by atoms with Crippen LogP contribution in [-0.4, -0.2) is 32.1 Å². The Balaban J connectivity index is 2.71. The Labute approximate surface area is 84.8 Å². The summed E-state index contributed by atoms with van der Waals surface area (Å²) in [6, 6.07) is 1.94. The van der Waals surface area contributed by atoms with E-state index in [1.807, 2.05) is 6.07 Å². The lowest BCUT2D eigenvalue weighted by molar-refractivity contribution is 0.126. The number of ether oxygens (including phenoxy) is 1. The number of hydrogen-bond donors (Lipinski definition) is 0. The molecule has 0 aliphatic carbocycles. The third kappa shape index (κ3) is 2.46.